The molecule has 0 saturated carbocycles. The van der Waals surface area contributed by atoms with Crippen molar-refractivity contribution in [2.45, 2.75) is 33.1 Å². The van der Waals surface area contributed by atoms with E-state index < -0.39 is 0 Å². The first-order valence-corrected chi connectivity index (χ1v) is 5.47. The topological polar surface area (TPSA) is 29.9 Å². The predicted octanol–water partition coefficient (Wildman–Crippen LogP) is 1.98. The van der Waals surface area contributed by atoms with Crippen molar-refractivity contribution in [3.63, 3.8) is 0 Å². The molecule has 0 saturated heterocycles. The normalized spacial score (nSPS) is 15.4. The molecule has 1 aromatic rings. The fourth-order valence-corrected chi connectivity index (χ4v) is 2.11. The third-order valence-electron chi connectivity index (χ3n) is 2.73. The quantitative estimate of drug-likeness (QED) is 0.778. The molecule has 0 amide bonds. The first kappa shape index (κ1) is 9.56. The fraction of sp³-hybridized carbons (Fsp3) is 0.727. The zero-order valence-electron chi connectivity index (χ0n) is 9.30. The van der Waals surface area contributed by atoms with Gasteiger partial charge in [0, 0.05) is 13.6 Å². The van der Waals surface area contributed by atoms with Gasteiger partial charge in [-0.15, -0.1) is 0 Å². The van der Waals surface area contributed by atoms with Gasteiger partial charge >= 0.3 is 0 Å². The summed E-state index contributed by atoms with van der Waals surface area (Å²) in [6.07, 6.45) is 3.48. The number of aryl methyl sites for hydroxylation is 1. The largest absolute Gasteiger partial charge is 0.382 e. The number of hydrogen-bond acceptors (Lipinski definition) is 2. The van der Waals surface area contributed by atoms with Crippen LogP contribution in [0.25, 0.3) is 0 Å². The van der Waals surface area contributed by atoms with Crippen LogP contribution in [0.5, 0.6) is 0 Å². The first-order chi connectivity index (χ1) is 6.68. The summed E-state index contributed by atoms with van der Waals surface area (Å²) >= 11 is 0. The minimum atomic E-state index is 0.678. The maximum atomic E-state index is 4.59. The molecular formula is C11H19N3. The number of hydrogen-bond donors (Lipinski definition) is 1. The highest BCUT2D eigenvalue weighted by Crippen LogP contribution is 2.26. The van der Waals surface area contributed by atoms with Gasteiger partial charge in [-0.3, -0.25) is 4.68 Å². The first-order valence-electron chi connectivity index (χ1n) is 5.47. The van der Waals surface area contributed by atoms with Crippen LogP contribution in [0.1, 0.15) is 31.7 Å². The van der Waals surface area contributed by atoms with Crippen molar-refractivity contribution in [3.8, 4) is 0 Å². The van der Waals surface area contributed by atoms with Crippen molar-refractivity contribution < 1.29 is 0 Å². The third kappa shape index (κ3) is 1.63. The lowest BCUT2D eigenvalue weighted by atomic mass is 10.0. The molecule has 2 rings (SSSR count). The average molecular weight is 193 g/mol. The van der Waals surface area contributed by atoms with Crippen LogP contribution >= 0.6 is 0 Å². The zero-order valence-corrected chi connectivity index (χ0v) is 9.30. The van der Waals surface area contributed by atoms with Crippen molar-refractivity contribution >= 4 is 5.69 Å². The van der Waals surface area contributed by atoms with Gasteiger partial charge in [0.25, 0.3) is 0 Å². The molecule has 2 heterocycles. The Morgan fingerprint density at radius 1 is 1.50 bits per heavy atom. The Bertz CT molecular complexity index is 326. The van der Waals surface area contributed by atoms with Crippen LogP contribution in [0.15, 0.2) is 0 Å². The van der Waals surface area contributed by atoms with Crippen molar-refractivity contribution in [1.29, 1.82) is 0 Å². The van der Waals surface area contributed by atoms with Crippen LogP contribution < -0.4 is 5.32 Å². The Balaban J connectivity index is 2.31. The molecule has 0 fully saturated rings. The molecule has 0 spiro atoms. The summed E-state index contributed by atoms with van der Waals surface area (Å²) in [5.74, 6) is 0.678. The van der Waals surface area contributed by atoms with Gasteiger partial charge in [0.1, 0.15) is 0 Å². The Labute approximate surface area is 85.5 Å². The second-order valence-corrected chi connectivity index (χ2v) is 4.52. The van der Waals surface area contributed by atoms with Crippen LogP contribution in [0.3, 0.4) is 0 Å². The number of nitrogens with zero attached hydrogens (tertiary/aromatic N) is 2. The van der Waals surface area contributed by atoms with Crippen LogP contribution in [0.4, 0.5) is 5.69 Å². The van der Waals surface area contributed by atoms with Crippen LogP contribution in [0, 0.1) is 5.92 Å². The smallest absolute Gasteiger partial charge is 0.0861 e. The van der Waals surface area contributed by atoms with Crippen LogP contribution in [-0.4, -0.2) is 16.3 Å². The summed E-state index contributed by atoms with van der Waals surface area (Å²) in [6, 6.07) is 0. The van der Waals surface area contributed by atoms with Crippen molar-refractivity contribution in [2.75, 3.05) is 11.9 Å². The van der Waals surface area contributed by atoms with Crippen molar-refractivity contribution in [1.82, 2.24) is 9.78 Å². The number of anilines is 1. The summed E-state index contributed by atoms with van der Waals surface area (Å²) in [4.78, 5) is 0. The number of rotatable bonds is 2. The second-order valence-electron chi connectivity index (χ2n) is 4.52. The number of fused-ring (bicyclic) bond motifs is 1. The molecule has 0 bridgehead atoms. The second kappa shape index (κ2) is 3.64. The fourth-order valence-electron chi connectivity index (χ4n) is 2.11. The Hall–Kier alpha value is -0.990. The summed E-state index contributed by atoms with van der Waals surface area (Å²) in [5.41, 5.74) is 3.94. The molecule has 3 heteroatoms. The molecule has 1 aliphatic heterocycles. The van der Waals surface area contributed by atoms with E-state index in [4.69, 9.17) is 0 Å². The van der Waals surface area contributed by atoms with E-state index in [-0.39, 0.29) is 0 Å². The van der Waals surface area contributed by atoms with Gasteiger partial charge in [-0.2, -0.15) is 5.10 Å². The van der Waals surface area contributed by atoms with Gasteiger partial charge in [-0.1, -0.05) is 13.8 Å². The van der Waals surface area contributed by atoms with Crippen LogP contribution in [0.2, 0.25) is 0 Å². The molecule has 0 atom stereocenters. The summed E-state index contributed by atoms with van der Waals surface area (Å²) < 4.78 is 2.04. The van der Waals surface area contributed by atoms with E-state index in [2.05, 4.69) is 31.3 Å². The molecule has 1 aliphatic rings. The molecule has 0 aliphatic carbocycles. The van der Waals surface area contributed by atoms with Gasteiger partial charge < -0.3 is 5.32 Å². The van der Waals surface area contributed by atoms with E-state index >= 15 is 0 Å². The van der Waals surface area contributed by atoms with E-state index in [0.717, 1.165) is 13.0 Å². The highest BCUT2D eigenvalue weighted by atomic mass is 15.3. The predicted molar refractivity (Wildman–Crippen MR) is 58.6 cm³/mol. The highest BCUT2D eigenvalue weighted by molar-refractivity contribution is 5.54. The van der Waals surface area contributed by atoms with Gasteiger partial charge in [-0.05, 0) is 25.2 Å². The van der Waals surface area contributed by atoms with Gasteiger partial charge in [0.2, 0.25) is 0 Å². The molecule has 0 unspecified atom stereocenters. The summed E-state index contributed by atoms with van der Waals surface area (Å²) in [7, 11) is 2.05. The maximum Gasteiger partial charge on any atom is 0.0861 e. The van der Waals surface area contributed by atoms with E-state index in [1.165, 1.54) is 29.9 Å². The lowest BCUT2D eigenvalue weighted by molar-refractivity contribution is 0.617. The molecular weight excluding hydrogens is 174 g/mol. The van der Waals surface area contributed by atoms with Gasteiger partial charge in [0.05, 0.1) is 17.1 Å². The minimum Gasteiger partial charge on any atom is -0.382 e. The standard InChI is InChI=1S/C11H19N3/c1-8(2)7-9-11-10(14(3)13-9)5-4-6-12-11/h8,12H,4-7H2,1-3H3. The molecule has 1 aromatic heterocycles. The highest BCUT2D eigenvalue weighted by Gasteiger charge is 2.18. The van der Waals surface area contributed by atoms with E-state index in [1.54, 1.807) is 0 Å². The lowest BCUT2D eigenvalue weighted by Crippen LogP contribution is -2.13. The van der Waals surface area contributed by atoms with E-state index in [1.807, 2.05) is 4.68 Å². The molecule has 0 aromatic carbocycles. The maximum absolute atomic E-state index is 4.59. The number of nitrogens with one attached hydrogen (secondary N) is 1. The average Bonchev–Trinajstić information content (AvgIpc) is 2.44. The molecule has 14 heavy (non-hydrogen) atoms. The minimum absolute atomic E-state index is 0.678. The van der Waals surface area contributed by atoms with Crippen molar-refractivity contribution in [2.24, 2.45) is 13.0 Å². The zero-order chi connectivity index (χ0) is 10.1. The third-order valence-corrected chi connectivity index (χ3v) is 2.73. The molecule has 1 N–H and O–H groups in total. The number of aromatic nitrogens is 2. The molecule has 78 valence electrons. The van der Waals surface area contributed by atoms with Gasteiger partial charge in [0.15, 0.2) is 0 Å². The van der Waals surface area contributed by atoms with E-state index in [9.17, 15) is 0 Å². The Morgan fingerprint density at radius 2 is 2.29 bits per heavy atom. The molecule has 0 radical (unpaired) electrons. The van der Waals surface area contributed by atoms with Crippen molar-refractivity contribution in [3.05, 3.63) is 11.4 Å². The summed E-state index contributed by atoms with van der Waals surface area (Å²) in [5, 5.41) is 8.06. The Morgan fingerprint density at radius 3 is 3.00 bits per heavy atom. The Kier molecular flexibility index (Phi) is 2.48. The monoisotopic (exact) mass is 193 g/mol. The van der Waals surface area contributed by atoms with Crippen LogP contribution in [-0.2, 0) is 19.9 Å². The summed E-state index contributed by atoms with van der Waals surface area (Å²) in [6.45, 7) is 5.58. The SMILES string of the molecule is CC(C)Cc1nn(C)c2c1NCCC2. The van der Waals surface area contributed by atoms with E-state index in [0.29, 0.717) is 5.92 Å². The lowest BCUT2D eigenvalue weighted by Gasteiger charge is -2.15. The van der Waals surface area contributed by atoms with Gasteiger partial charge in [-0.25, -0.2) is 0 Å². The molecule has 3 nitrogen and oxygen atoms in total.